The third-order valence-electron chi connectivity index (χ3n) is 7.43. The Labute approximate surface area is 182 Å². The van der Waals surface area contributed by atoms with Crippen LogP contribution in [0.15, 0.2) is 53.7 Å². The van der Waals surface area contributed by atoms with Crippen molar-refractivity contribution in [3.05, 3.63) is 70.4 Å². The molecule has 0 spiro atoms. The minimum atomic E-state index is -0.369. The van der Waals surface area contributed by atoms with E-state index in [9.17, 15) is 4.39 Å². The van der Waals surface area contributed by atoms with Crippen LogP contribution in [0.25, 0.3) is 5.57 Å². The highest BCUT2D eigenvalue weighted by molar-refractivity contribution is 5.82. The lowest BCUT2D eigenvalue weighted by atomic mass is 9.73. The summed E-state index contributed by atoms with van der Waals surface area (Å²) in [4.78, 5) is 0. The fourth-order valence-corrected chi connectivity index (χ4v) is 5.14. The zero-order chi connectivity index (χ0) is 21.9. The number of benzene rings is 1. The SMILES string of the molecule is C=C=C(N)C(C)(C)c1ccc(CC2CCCC2)c(C(=C/C)/C(=C(\C)F)C2CCC2)c1. The van der Waals surface area contributed by atoms with Crippen LogP contribution in [0.4, 0.5) is 4.39 Å². The zero-order valence-corrected chi connectivity index (χ0v) is 19.3. The van der Waals surface area contributed by atoms with Gasteiger partial charge in [0.2, 0.25) is 0 Å². The van der Waals surface area contributed by atoms with Gasteiger partial charge in [-0.05, 0) is 92.7 Å². The monoisotopic (exact) mass is 407 g/mol. The Hall–Kier alpha value is -2.05. The van der Waals surface area contributed by atoms with E-state index in [0.29, 0.717) is 11.6 Å². The fraction of sp³-hybridized carbons (Fsp3) is 0.536. The molecule has 1 aromatic carbocycles. The molecule has 2 fully saturated rings. The molecular formula is C28H38FN. The molecule has 162 valence electrons. The summed E-state index contributed by atoms with van der Waals surface area (Å²) < 4.78 is 14.8. The van der Waals surface area contributed by atoms with Gasteiger partial charge in [-0.1, -0.05) is 56.9 Å². The Morgan fingerprint density at radius 1 is 1.20 bits per heavy atom. The largest absolute Gasteiger partial charge is 0.395 e. The van der Waals surface area contributed by atoms with E-state index < -0.39 is 0 Å². The van der Waals surface area contributed by atoms with Crippen LogP contribution in [-0.4, -0.2) is 0 Å². The lowest BCUT2D eigenvalue weighted by Gasteiger charge is -2.32. The molecule has 30 heavy (non-hydrogen) atoms. The number of rotatable bonds is 7. The van der Waals surface area contributed by atoms with Gasteiger partial charge >= 0.3 is 0 Å². The molecule has 0 unspecified atom stereocenters. The van der Waals surface area contributed by atoms with Crippen molar-refractivity contribution in [1.29, 1.82) is 0 Å². The molecule has 0 saturated heterocycles. The molecular weight excluding hydrogens is 369 g/mol. The fourth-order valence-electron chi connectivity index (χ4n) is 5.14. The summed E-state index contributed by atoms with van der Waals surface area (Å²) in [6.45, 7) is 11.6. The first kappa shape index (κ1) is 22.6. The molecule has 0 aliphatic heterocycles. The predicted octanol–water partition coefficient (Wildman–Crippen LogP) is 7.77. The summed E-state index contributed by atoms with van der Waals surface area (Å²) in [5.74, 6) is 1.05. The van der Waals surface area contributed by atoms with Crippen LogP contribution in [0.1, 0.15) is 89.3 Å². The van der Waals surface area contributed by atoms with Crippen molar-refractivity contribution >= 4 is 5.57 Å². The van der Waals surface area contributed by atoms with Crippen molar-refractivity contribution in [2.75, 3.05) is 0 Å². The normalized spacial score (nSPS) is 19.3. The summed E-state index contributed by atoms with van der Waals surface area (Å²) in [5.41, 5.74) is 15.0. The van der Waals surface area contributed by atoms with Crippen molar-refractivity contribution < 1.29 is 4.39 Å². The number of allylic oxidation sites excluding steroid dienone is 5. The van der Waals surface area contributed by atoms with Crippen LogP contribution in [0.5, 0.6) is 0 Å². The van der Waals surface area contributed by atoms with Gasteiger partial charge in [-0.2, -0.15) is 0 Å². The molecule has 2 aliphatic rings. The summed E-state index contributed by atoms with van der Waals surface area (Å²) in [6.07, 6.45) is 11.8. The first-order chi connectivity index (χ1) is 14.3. The number of hydrogen-bond donors (Lipinski definition) is 1. The molecule has 0 bridgehead atoms. The van der Waals surface area contributed by atoms with Gasteiger partial charge in [-0.15, -0.1) is 5.73 Å². The number of hydrogen-bond acceptors (Lipinski definition) is 1. The minimum Gasteiger partial charge on any atom is -0.395 e. The van der Waals surface area contributed by atoms with E-state index >= 15 is 0 Å². The highest BCUT2D eigenvalue weighted by Gasteiger charge is 2.30. The van der Waals surface area contributed by atoms with Crippen molar-refractivity contribution in [2.45, 2.75) is 84.5 Å². The lowest BCUT2D eigenvalue weighted by molar-refractivity contribution is 0.367. The Kier molecular flexibility index (Phi) is 7.09. The van der Waals surface area contributed by atoms with Crippen molar-refractivity contribution in [1.82, 2.24) is 0 Å². The van der Waals surface area contributed by atoms with E-state index in [0.717, 1.165) is 41.9 Å². The highest BCUT2D eigenvalue weighted by Crippen LogP contribution is 2.44. The second-order valence-corrected chi connectivity index (χ2v) is 9.72. The molecule has 0 radical (unpaired) electrons. The summed E-state index contributed by atoms with van der Waals surface area (Å²) >= 11 is 0. The number of halogens is 1. The molecule has 2 aliphatic carbocycles. The average molecular weight is 408 g/mol. The molecule has 1 aromatic rings. The Balaban J connectivity index is 2.12. The van der Waals surface area contributed by atoms with Crippen LogP contribution in [0.3, 0.4) is 0 Å². The van der Waals surface area contributed by atoms with Crippen LogP contribution in [-0.2, 0) is 11.8 Å². The Morgan fingerprint density at radius 2 is 1.87 bits per heavy atom. The van der Waals surface area contributed by atoms with Gasteiger partial charge in [0.1, 0.15) is 5.83 Å². The Bertz CT molecular complexity index is 881. The molecule has 2 N–H and O–H groups in total. The molecule has 1 nitrogen and oxygen atoms in total. The van der Waals surface area contributed by atoms with Gasteiger partial charge in [0.05, 0.1) is 5.70 Å². The maximum atomic E-state index is 14.8. The van der Waals surface area contributed by atoms with Crippen LogP contribution in [0, 0.1) is 11.8 Å². The van der Waals surface area contributed by atoms with Crippen molar-refractivity contribution in [2.24, 2.45) is 17.6 Å². The van der Waals surface area contributed by atoms with Crippen LogP contribution >= 0.6 is 0 Å². The molecule has 0 aromatic heterocycles. The topological polar surface area (TPSA) is 26.0 Å². The molecule has 0 amide bonds. The van der Waals surface area contributed by atoms with Crippen molar-refractivity contribution in [3.8, 4) is 0 Å². The molecule has 2 saturated carbocycles. The first-order valence-corrected chi connectivity index (χ1v) is 11.6. The van der Waals surface area contributed by atoms with Gasteiger partial charge in [0.25, 0.3) is 0 Å². The van der Waals surface area contributed by atoms with E-state index in [1.54, 1.807) is 6.92 Å². The van der Waals surface area contributed by atoms with Gasteiger partial charge < -0.3 is 5.73 Å². The quantitative estimate of drug-likeness (QED) is 0.362. The zero-order valence-electron chi connectivity index (χ0n) is 19.3. The van der Waals surface area contributed by atoms with E-state index in [1.165, 1.54) is 43.2 Å². The minimum absolute atomic E-state index is 0.0326. The van der Waals surface area contributed by atoms with Gasteiger partial charge in [-0.25, -0.2) is 4.39 Å². The van der Waals surface area contributed by atoms with E-state index in [2.05, 4.69) is 50.4 Å². The standard InChI is InChI=1S/C28H38FN/c1-6-24(27(19(3)29)21-13-10-14-21)25-18-23(28(4,5)26(30)7-2)16-15-22(25)17-20-11-8-9-12-20/h6,15-16,18,20-21H,2,8-14,17,30H2,1,3-5H3/b24-6-,27-19+. The van der Waals surface area contributed by atoms with Crippen LogP contribution < -0.4 is 5.73 Å². The molecule has 0 heterocycles. The summed E-state index contributed by atoms with van der Waals surface area (Å²) in [6, 6.07) is 6.71. The second-order valence-electron chi connectivity index (χ2n) is 9.72. The van der Waals surface area contributed by atoms with Gasteiger partial charge in [-0.3, -0.25) is 0 Å². The third kappa shape index (κ3) is 4.49. The Morgan fingerprint density at radius 3 is 2.37 bits per heavy atom. The smallest absolute Gasteiger partial charge is 0.101 e. The maximum absolute atomic E-state index is 14.8. The maximum Gasteiger partial charge on any atom is 0.101 e. The predicted molar refractivity (Wildman–Crippen MR) is 127 cm³/mol. The summed E-state index contributed by atoms with van der Waals surface area (Å²) in [5, 5.41) is 0. The first-order valence-electron chi connectivity index (χ1n) is 11.6. The third-order valence-corrected chi connectivity index (χ3v) is 7.43. The molecule has 2 heteroatoms. The van der Waals surface area contributed by atoms with Gasteiger partial charge in [0.15, 0.2) is 0 Å². The average Bonchev–Trinajstić information content (AvgIpc) is 3.19. The molecule has 0 atom stereocenters. The highest BCUT2D eigenvalue weighted by atomic mass is 19.1. The second kappa shape index (κ2) is 9.40. The van der Waals surface area contributed by atoms with E-state index in [1.807, 2.05) is 6.92 Å². The molecule has 3 rings (SSSR count). The van der Waals surface area contributed by atoms with Crippen molar-refractivity contribution in [3.63, 3.8) is 0 Å². The van der Waals surface area contributed by atoms with Gasteiger partial charge in [0, 0.05) is 5.41 Å². The number of nitrogens with two attached hydrogens (primary N) is 1. The van der Waals surface area contributed by atoms with E-state index in [-0.39, 0.29) is 11.2 Å². The van der Waals surface area contributed by atoms with E-state index in [4.69, 9.17) is 5.73 Å². The lowest BCUT2D eigenvalue weighted by Crippen LogP contribution is -2.25. The summed E-state index contributed by atoms with van der Waals surface area (Å²) in [7, 11) is 0. The van der Waals surface area contributed by atoms with Crippen LogP contribution in [0.2, 0.25) is 0 Å².